The molecule has 2 aliphatic rings. The monoisotopic (exact) mass is 485 g/mol. The van der Waals surface area contributed by atoms with Gasteiger partial charge in [-0.2, -0.15) is 0 Å². The van der Waals surface area contributed by atoms with Gasteiger partial charge in [-0.3, -0.25) is 4.79 Å². The molecular formula is C27H35NO7. The number of rotatable bonds is 9. The predicted molar refractivity (Wildman–Crippen MR) is 131 cm³/mol. The number of hydrogen-bond donors (Lipinski definition) is 0. The summed E-state index contributed by atoms with van der Waals surface area (Å²) >= 11 is 0. The topological polar surface area (TPSA) is 75.7 Å². The van der Waals surface area contributed by atoms with Gasteiger partial charge in [-0.05, 0) is 36.0 Å². The van der Waals surface area contributed by atoms with Gasteiger partial charge in [-0.25, -0.2) is 0 Å². The minimum Gasteiger partial charge on any atom is -0.496 e. The molecule has 0 spiro atoms. The molecule has 2 aromatic carbocycles. The Morgan fingerprint density at radius 1 is 1.00 bits per heavy atom. The Morgan fingerprint density at radius 2 is 1.71 bits per heavy atom. The van der Waals surface area contributed by atoms with E-state index in [9.17, 15) is 4.79 Å². The Hall–Kier alpha value is -3.13. The summed E-state index contributed by atoms with van der Waals surface area (Å²) in [7, 11) is 4.76. The first-order valence-corrected chi connectivity index (χ1v) is 12.0. The lowest BCUT2D eigenvalue weighted by molar-refractivity contribution is -0.134. The molecule has 1 saturated heterocycles. The molecule has 8 heteroatoms. The SMILES string of the molecule is COCOc1cc(OC)cc(OC)c1C(CC(=O)N1CC(C)CC(C)C1)c1ccc2c(c1)OCO2. The van der Waals surface area contributed by atoms with Gasteiger partial charge in [0.15, 0.2) is 18.3 Å². The van der Waals surface area contributed by atoms with Crippen LogP contribution in [-0.4, -0.2) is 58.8 Å². The number of carbonyl (C=O) groups is 1. The maximum absolute atomic E-state index is 13.7. The maximum atomic E-state index is 13.7. The fraction of sp³-hybridized carbons (Fsp3) is 0.519. The molecule has 3 unspecified atom stereocenters. The lowest BCUT2D eigenvalue weighted by Crippen LogP contribution is -2.43. The molecule has 4 rings (SSSR count). The van der Waals surface area contributed by atoms with E-state index in [0.717, 1.165) is 30.6 Å². The van der Waals surface area contributed by atoms with E-state index < -0.39 is 0 Å². The Morgan fingerprint density at radius 3 is 2.40 bits per heavy atom. The van der Waals surface area contributed by atoms with Crippen molar-refractivity contribution in [1.29, 1.82) is 0 Å². The van der Waals surface area contributed by atoms with Gasteiger partial charge >= 0.3 is 0 Å². The maximum Gasteiger partial charge on any atom is 0.231 e. The summed E-state index contributed by atoms with van der Waals surface area (Å²) in [6.07, 6.45) is 1.39. The van der Waals surface area contributed by atoms with Crippen LogP contribution in [0.25, 0.3) is 0 Å². The largest absolute Gasteiger partial charge is 0.496 e. The Balaban J connectivity index is 1.78. The first kappa shape index (κ1) is 25.0. The van der Waals surface area contributed by atoms with E-state index in [2.05, 4.69) is 13.8 Å². The van der Waals surface area contributed by atoms with Crippen LogP contribution in [0.1, 0.15) is 43.7 Å². The quantitative estimate of drug-likeness (QED) is 0.486. The first-order valence-electron chi connectivity index (χ1n) is 12.0. The highest BCUT2D eigenvalue weighted by Gasteiger charge is 2.32. The molecule has 0 aliphatic carbocycles. The smallest absolute Gasteiger partial charge is 0.231 e. The molecule has 190 valence electrons. The number of amides is 1. The van der Waals surface area contributed by atoms with Crippen LogP contribution in [0.15, 0.2) is 30.3 Å². The highest BCUT2D eigenvalue weighted by atomic mass is 16.7. The Labute approximate surface area is 207 Å². The summed E-state index contributed by atoms with van der Waals surface area (Å²) in [6.45, 7) is 6.17. The molecular weight excluding hydrogens is 450 g/mol. The second-order valence-corrected chi connectivity index (χ2v) is 9.41. The molecule has 0 N–H and O–H groups in total. The van der Waals surface area contributed by atoms with Crippen LogP contribution in [0.2, 0.25) is 0 Å². The zero-order valence-electron chi connectivity index (χ0n) is 21.2. The first-order chi connectivity index (χ1) is 16.9. The van der Waals surface area contributed by atoms with E-state index in [-0.39, 0.29) is 31.8 Å². The van der Waals surface area contributed by atoms with E-state index in [1.165, 1.54) is 0 Å². The second-order valence-electron chi connectivity index (χ2n) is 9.41. The molecule has 2 heterocycles. The van der Waals surface area contributed by atoms with Gasteiger partial charge in [-0.15, -0.1) is 0 Å². The van der Waals surface area contributed by atoms with Crippen LogP contribution >= 0.6 is 0 Å². The Bertz CT molecular complexity index is 1030. The molecule has 0 aromatic heterocycles. The summed E-state index contributed by atoms with van der Waals surface area (Å²) < 4.78 is 33.5. The zero-order chi connectivity index (χ0) is 24.9. The van der Waals surface area contributed by atoms with Crippen molar-refractivity contribution in [3.8, 4) is 28.7 Å². The number of likely N-dealkylation sites (tertiary alicyclic amines) is 1. The summed E-state index contributed by atoms with van der Waals surface area (Å²) in [4.78, 5) is 15.7. The number of fused-ring (bicyclic) bond motifs is 1. The van der Waals surface area contributed by atoms with E-state index in [1.807, 2.05) is 29.2 Å². The fourth-order valence-corrected chi connectivity index (χ4v) is 5.14. The third-order valence-electron chi connectivity index (χ3n) is 6.61. The normalized spacial score (nSPS) is 19.9. The average Bonchev–Trinajstić information content (AvgIpc) is 3.32. The van der Waals surface area contributed by atoms with Crippen molar-refractivity contribution in [2.24, 2.45) is 11.8 Å². The van der Waals surface area contributed by atoms with Crippen molar-refractivity contribution in [3.05, 3.63) is 41.5 Å². The lowest BCUT2D eigenvalue weighted by atomic mass is 9.85. The summed E-state index contributed by atoms with van der Waals surface area (Å²) in [5.74, 6) is 3.75. The van der Waals surface area contributed by atoms with Crippen LogP contribution in [0, 0.1) is 11.8 Å². The highest BCUT2D eigenvalue weighted by molar-refractivity contribution is 5.79. The van der Waals surface area contributed by atoms with E-state index >= 15 is 0 Å². The molecule has 3 atom stereocenters. The van der Waals surface area contributed by atoms with E-state index in [4.69, 9.17) is 28.4 Å². The van der Waals surface area contributed by atoms with E-state index in [1.54, 1.807) is 27.4 Å². The lowest BCUT2D eigenvalue weighted by Gasteiger charge is -2.36. The Kier molecular flexibility index (Phi) is 7.90. The molecule has 0 bridgehead atoms. The molecule has 8 nitrogen and oxygen atoms in total. The van der Waals surface area contributed by atoms with Crippen molar-refractivity contribution >= 4 is 5.91 Å². The number of hydrogen-bond acceptors (Lipinski definition) is 7. The second kappa shape index (κ2) is 11.1. The van der Waals surface area contributed by atoms with Crippen LogP contribution in [0.3, 0.4) is 0 Å². The molecule has 2 aromatic rings. The summed E-state index contributed by atoms with van der Waals surface area (Å²) in [6, 6.07) is 9.39. The molecule has 1 fully saturated rings. The molecule has 0 saturated carbocycles. The fourth-order valence-electron chi connectivity index (χ4n) is 5.14. The minimum atomic E-state index is -0.350. The summed E-state index contributed by atoms with van der Waals surface area (Å²) in [5, 5.41) is 0. The van der Waals surface area contributed by atoms with Gasteiger partial charge in [0, 0.05) is 50.2 Å². The highest BCUT2D eigenvalue weighted by Crippen LogP contribution is 2.46. The van der Waals surface area contributed by atoms with Crippen LogP contribution < -0.4 is 23.7 Å². The van der Waals surface area contributed by atoms with Gasteiger partial charge < -0.3 is 33.3 Å². The number of methoxy groups -OCH3 is 3. The third kappa shape index (κ3) is 5.59. The van der Waals surface area contributed by atoms with Gasteiger partial charge in [0.05, 0.1) is 14.2 Å². The molecule has 2 aliphatic heterocycles. The third-order valence-corrected chi connectivity index (χ3v) is 6.61. The van der Waals surface area contributed by atoms with Crippen molar-refractivity contribution in [2.75, 3.05) is 48.0 Å². The van der Waals surface area contributed by atoms with Crippen LogP contribution in [0.4, 0.5) is 0 Å². The van der Waals surface area contributed by atoms with Gasteiger partial charge in [0.2, 0.25) is 12.7 Å². The summed E-state index contributed by atoms with van der Waals surface area (Å²) in [5.41, 5.74) is 1.67. The minimum absolute atomic E-state index is 0.0479. The van der Waals surface area contributed by atoms with Crippen molar-refractivity contribution < 1.29 is 33.2 Å². The van der Waals surface area contributed by atoms with Crippen LogP contribution in [0.5, 0.6) is 28.7 Å². The standard InChI is InChI=1S/C27H35NO7/c1-17-8-18(2)14-28(13-17)26(29)12-21(19-6-7-22-23(9-19)35-16-34-22)27-24(32-5)10-20(31-4)11-25(27)33-15-30-3/h6-7,9-11,17-18,21H,8,12-16H2,1-5H3. The van der Waals surface area contributed by atoms with E-state index in [0.29, 0.717) is 40.6 Å². The number of nitrogens with zero attached hydrogens (tertiary/aromatic N) is 1. The van der Waals surface area contributed by atoms with Crippen LogP contribution in [-0.2, 0) is 9.53 Å². The molecule has 35 heavy (non-hydrogen) atoms. The van der Waals surface area contributed by atoms with Crippen molar-refractivity contribution in [1.82, 2.24) is 4.90 Å². The molecule has 1 amide bonds. The van der Waals surface area contributed by atoms with Crippen molar-refractivity contribution in [2.45, 2.75) is 32.6 Å². The number of carbonyl (C=O) groups excluding carboxylic acids is 1. The average molecular weight is 486 g/mol. The molecule has 0 radical (unpaired) electrons. The predicted octanol–water partition coefficient (Wildman–Crippen LogP) is 4.44. The van der Waals surface area contributed by atoms with Gasteiger partial charge in [0.25, 0.3) is 0 Å². The van der Waals surface area contributed by atoms with Crippen molar-refractivity contribution in [3.63, 3.8) is 0 Å². The van der Waals surface area contributed by atoms with Gasteiger partial charge in [-0.1, -0.05) is 19.9 Å². The number of benzene rings is 2. The number of ether oxygens (including phenoxy) is 6. The zero-order valence-corrected chi connectivity index (χ0v) is 21.2. The number of piperidine rings is 1. The van der Waals surface area contributed by atoms with Gasteiger partial charge in [0.1, 0.15) is 17.2 Å².